The van der Waals surface area contributed by atoms with E-state index in [1.807, 2.05) is 0 Å². The lowest BCUT2D eigenvalue weighted by molar-refractivity contribution is 0.0251. The summed E-state index contributed by atoms with van der Waals surface area (Å²) in [6.07, 6.45) is 11.3. The molecule has 3 unspecified atom stereocenters. The number of allylic oxidation sites excluding steroid dienone is 5. The summed E-state index contributed by atoms with van der Waals surface area (Å²) in [6.45, 7) is 16.2. The number of hydrogen-bond acceptors (Lipinski definition) is 4. The van der Waals surface area contributed by atoms with Gasteiger partial charge in [-0.1, -0.05) is 51.4 Å². The van der Waals surface area contributed by atoms with Gasteiger partial charge in [-0.25, -0.2) is 5.43 Å². The van der Waals surface area contributed by atoms with Gasteiger partial charge in [0, 0.05) is 43.5 Å². The van der Waals surface area contributed by atoms with Crippen molar-refractivity contribution in [1.82, 2.24) is 20.7 Å². The number of halogens is 1. The molecule has 2 aliphatic heterocycles. The number of hydrogen-bond donors (Lipinski definition) is 2. The molecule has 3 rings (SSSR count). The molecule has 0 radical (unpaired) electrons. The summed E-state index contributed by atoms with van der Waals surface area (Å²) in [5.74, 6) is 1.98. The van der Waals surface area contributed by atoms with Crippen LogP contribution in [-0.4, -0.2) is 55.2 Å². The van der Waals surface area contributed by atoms with E-state index in [0.29, 0.717) is 29.3 Å². The molecule has 1 saturated heterocycles. The Bertz CT molecular complexity index is 651. The highest BCUT2D eigenvalue weighted by atomic mass is 35.5. The van der Waals surface area contributed by atoms with Gasteiger partial charge in [0.25, 0.3) is 0 Å². The predicted molar refractivity (Wildman–Crippen MR) is 125 cm³/mol. The van der Waals surface area contributed by atoms with Crippen molar-refractivity contribution in [2.75, 3.05) is 33.2 Å². The predicted octanol–water partition coefficient (Wildman–Crippen LogP) is 4.37. The largest absolute Gasteiger partial charge is 0.316 e. The van der Waals surface area contributed by atoms with Crippen LogP contribution < -0.4 is 10.7 Å². The van der Waals surface area contributed by atoms with Gasteiger partial charge in [0.2, 0.25) is 0 Å². The molecule has 29 heavy (non-hydrogen) atoms. The number of nitrogens with one attached hydrogen (secondary N) is 2. The van der Waals surface area contributed by atoms with E-state index in [0.717, 1.165) is 30.5 Å². The molecule has 0 amide bonds. The Hall–Kier alpha value is -0.810. The average Bonchev–Trinajstić information content (AvgIpc) is 2.96. The van der Waals surface area contributed by atoms with Gasteiger partial charge in [0.1, 0.15) is 0 Å². The quantitative estimate of drug-likeness (QED) is 0.640. The van der Waals surface area contributed by atoms with E-state index in [4.69, 9.17) is 11.6 Å². The Labute approximate surface area is 183 Å². The van der Waals surface area contributed by atoms with E-state index in [-0.39, 0.29) is 0 Å². The van der Waals surface area contributed by atoms with Gasteiger partial charge in [-0.2, -0.15) is 0 Å². The molecule has 1 fully saturated rings. The summed E-state index contributed by atoms with van der Waals surface area (Å²) >= 11 is 6.14. The lowest BCUT2D eigenvalue weighted by atomic mass is 9.66. The minimum atomic E-state index is 0.321. The molecule has 2 heterocycles. The number of piperidine rings is 1. The van der Waals surface area contributed by atoms with Crippen LogP contribution in [-0.2, 0) is 0 Å². The van der Waals surface area contributed by atoms with Gasteiger partial charge < -0.3 is 15.2 Å². The zero-order valence-corrected chi connectivity index (χ0v) is 20.0. The summed E-state index contributed by atoms with van der Waals surface area (Å²) in [6, 6.07) is 0.904. The Balaban J connectivity index is 1.53. The molecular weight excluding hydrogens is 380 g/mol. The molecule has 0 aromatic carbocycles. The summed E-state index contributed by atoms with van der Waals surface area (Å²) in [5.41, 5.74) is 5.13. The minimum Gasteiger partial charge on any atom is -0.316 e. The topological polar surface area (TPSA) is 30.5 Å². The van der Waals surface area contributed by atoms with Gasteiger partial charge in [-0.3, -0.25) is 0 Å². The third-order valence-electron chi connectivity index (χ3n) is 7.19. The maximum Gasteiger partial charge on any atom is 0.0587 e. The van der Waals surface area contributed by atoms with Crippen LogP contribution >= 0.6 is 11.6 Å². The number of likely N-dealkylation sites (tertiary alicyclic amines) is 1. The molecule has 4 nitrogen and oxygen atoms in total. The molecule has 164 valence electrons. The molecule has 3 aliphatic rings. The van der Waals surface area contributed by atoms with Crippen molar-refractivity contribution in [1.29, 1.82) is 0 Å². The van der Waals surface area contributed by atoms with Crippen molar-refractivity contribution < 1.29 is 0 Å². The SMILES string of the molecule is CC1=CC(CN[C@@H](CN2CCC(C3C=CC(Cl)=CC3)C(C)(C)C2)C(C)C)NN1C. The first kappa shape index (κ1) is 22.9. The van der Waals surface area contributed by atoms with E-state index in [1.54, 1.807) is 0 Å². The average molecular weight is 421 g/mol. The van der Waals surface area contributed by atoms with E-state index in [9.17, 15) is 0 Å². The summed E-state index contributed by atoms with van der Waals surface area (Å²) in [7, 11) is 2.09. The summed E-state index contributed by atoms with van der Waals surface area (Å²) in [4.78, 5) is 2.69. The monoisotopic (exact) mass is 420 g/mol. The van der Waals surface area contributed by atoms with Gasteiger partial charge in [-0.05, 0) is 61.6 Å². The molecule has 0 saturated carbocycles. The van der Waals surface area contributed by atoms with Crippen LogP contribution in [0.15, 0.2) is 35.0 Å². The fraction of sp³-hybridized carbons (Fsp3) is 0.750. The Morgan fingerprint density at radius 2 is 2.10 bits per heavy atom. The van der Waals surface area contributed by atoms with Crippen LogP contribution in [0.4, 0.5) is 0 Å². The third kappa shape index (κ3) is 5.88. The van der Waals surface area contributed by atoms with Crippen molar-refractivity contribution in [2.45, 2.75) is 59.5 Å². The standard InChI is InChI=1S/C24H41ClN4/c1-17(2)23(26-14-21-13-18(3)28(6)27-21)15-29-12-11-22(24(4,5)16-29)19-7-9-20(25)10-8-19/h7,9-10,13,17,19,21-23,26-27H,8,11-12,14-16H2,1-6H3/t19?,21?,22?,23-/m0/s1. The lowest BCUT2D eigenvalue weighted by Gasteiger charge is -2.48. The number of hydrazine groups is 1. The zero-order valence-electron chi connectivity index (χ0n) is 19.2. The molecule has 0 aromatic heterocycles. The second kappa shape index (κ2) is 9.55. The Morgan fingerprint density at radius 1 is 1.34 bits per heavy atom. The Kier molecular flexibility index (Phi) is 7.53. The molecule has 0 bridgehead atoms. The van der Waals surface area contributed by atoms with Crippen LogP contribution in [0, 0.1) is 23.2 Å². The molecule has 0 aromatic rings. The number of nitrogens with zero attached hydrogens (tertiary/aromatic N) is 2. The van der Waals surface area contributed by atoms with Crippen LogP contribution in [0.25, 0.3) is 0 Å². The van der Waals surface area contributed by atoms with Crippen molar-refractivity contribution in [3.63, 3.8) is 0 Å². The van der Waals surface area contributed by atoms with E-state index in [1.165, 1.54) is 25.2 Å². The van der Waals surface area contributed by atoms with Crippen molar-refractivity contribution in [3.05, 3.63) is 35.0 Å². The molecule has 4 atom stereocenters. The third-order valence-corrected chi connectivity index (χ3v) is 7.47. The van der Waals surface area contributed by atoms with Gasteiger partial charge in [-0.15, -0.1) is 0 Å². The van der Waals surface area contributed by atoms with Gasteiger partial charge in [0.05, 0.1) is 6.04 Å². The smallest absolute Gasteiger partial charge is 0.0587 e. The zero-order chi connectivity index (χ0) is 21.2. The summed E-state index contributed by atoms with van der Waals surface area (Å²) < 4.78 is 0. The highest BCUT2D eigenvalue weighted by Gasteiger charge is 2.40. The molecule has 1 aliphatic carbocycles. The van der Waals surface area contributed by atoms with Crippen LogP contribution in [0.2, 0.25) is 0 Å². The van der Waals surface area contributed by atoms with E-state index < -0.39 is 0 Å². The first-order valence-corrected chi connectivity index (χ1v) is 11.7. The highest BCUT2D eigenvalue weighted by Crippen LogP contribution is 2.43. The fourth-order valence-corrected chi connectivity index (χ4v) is 5.47. The first-order valence-electron chi connectivity index (χ1n) is 11.3. The van der Waals surface area contributed by atoms with Crippen molar-refractivity contribution in [2.24, 2.45) is 23.2 Å². The fourth-order valence-electron chi connectivity index (χ4n) is 5.31. The normalized spacial score (nSPS) is 31.2. The van der Waals surface area contributed by atoms with Crippen LogP contribution in [0.3, 0.4) is 0 Å². The van der Waals surface area contributed by atoms with Gasteiger partial charge >= 0.3 is 0 Å². The maximum atomic E-state index is 6.14. The van der Waals surface area contributed by atoms with E-state index in [2.05, 4.69) is 86.6 Å². The lowest BCUT2D eigenvalue weighted by Crippen LogP contribution is -2.54. The summed E-state index contributed by atoms with van der Waals surface area (Å²) in [5, 5.41) is 6.86. The second-order valence-electron chi connectivity index (χ2n) is 10.3. The van der Waals surface area contributed by atoms with E-state index >= 15 is 0 Å². The molecule has 0 spiro atoms. The highest BCUT2D eigenvalue weighted by molar-refractivity contribution is 6.31. The van der Waals surface area contributed by atoms with Crippen LogP contribution in [0.1, 0.15) is 47.5 Å². The number of rotatable bonds is 7. The van der Waals surface area contributed by atoms with Crippen molar-refractivity contribution >= 4 is 11.6 Å². The van der Waals surface area contributed by atoms with Crippen LogP contribution in [0.5, 0.6) is 0 Å². The molecule has 5 heteroatoms. The first-order chi connectivity index (χ1) is 13.7. The maximum absolute atomic E-state index is 6.14. The molecule has 2 N–H and O–H groups in total. The molecular formula is C24H41ClN4. The Morgan fingerprint density at radius 3 is 2.66 bits per heavy atom. The van der Waals surface area contributed by atoms with Gasteiger partial charge in [0.15, 0.2) is 0 Å². The minimum absolute atomic E-state index is 0.321. The van der Waals surface area contributed by atoms with Crippen molar-refractivity contribution in [3.8, 4) is 0 Å². The second-order valence-corrected chi connectivity index (χ2v) is 10.8.